The number of ether oxygens (including phenoxy) is 1. The molecule has 3 nitrogen and oxygen atoms in total. The average Bonchev–Trinajstić information content (AvgIpc) is 2.71. The van der Waals surface area contributed by atoms with Crippen LogP contribution in [0.4, 0.5) is 0 Å². The van der Waals surface area contributed by atoms with Crippen LogP contribution < -0.4 is 4.74 Å². The Morgan fingerprint density at radius 3 is 2.88 bits per heavy atom. The second-order valence-electron chi connectivity index (χ2n) is 5.06. The van der Waals surface area contributed by atoms with Crippen LogP contribution in [0.25, 0.3) is 0 Å². The highest BCUT2D eigenvalue weighted by Crippen LogP contribution is 2.25. The molecule has 0 aliphatic carbocycles. The van der Waals surface area contributed by atoms with Crippen molar-refractivity contribution >= 4 is 17.6 Å². The number of nitrogens with zero attached hydrogens (tertiary/aromatic N) is 1. The Morgan fingerprint density at radius 1 is 1.41 bits per heavy atom. The van der Waals surface area contributed by atoms with Crippen molar-refractivity contribution in [1.82, 2.24) is 0 Å². The molecule has 1 aliphatic heterocycles. The van der Waals surface area contributed by atoms with E-state index in [1.807, 2.05) is 39.0 Å². The molecule has 0 aromatic heterocycles. The Balaban J connectivity index is 2.12. The van der Waals surface area contributed by atoms with Gasteiger partial charge in [-0.1, -0.05) is 16.5 Å². The molecule has 0 fully saturated rings. The van der Waals surface area contributed by atoms with Crippen molar-refractivity contribution in [1.29, 1.82) is 0 Å². The van der Waals surface area contributed by atoms with Crippen molar-refractivity contribution in [2.24, 2.45) is 4.40 Å². The van der Waals surface area contributed by atoms with Crippen LogP contribution in [-0.4, -0.2) is 22.1 Å². The zero-order valence-electron chi connectivity index (χ0n) is 10.4. The van der Waals surface area contributed by atoms with Gasteiger partial charge in [0.15, 0.2) is 0 Å². The molecule has 4 heteroatoms. The molecule has 0 unspecified atom stereocenters. The van der Waals surface area contributed by atoms with Crippen LogP contribution in [-0.2, 0) is 17.8 Å². The Labute approximate surface area is 105 Å². The molecule has 0 radical (unpaired) electrons. The smallest absolute Gasteiger partial charge is 0.144 e. The molecule has 0 saturated carbocycles. The summed E-state index contributed by atoms with van der Waals surface area (Å²) in [6, 6.07) is 5.98. The number of hydrogen-bond acceptors (Lipinski definition) is 3. The van der Waals surface area contributed by atoms with Gasteiger partial charge in [-0.05, 0) is 32.4 Å². The summed E-state index contributed by atoms with van der Waals surface area (Å²) in [7, 11) is 0. The van der Waals surface area contributed by atoms with E-state index in [2.05, 4.69) is 4.40 Å². The van der Waals surface area contributed by atoms with E-state index >= 15 is 0 Å². The first-order valence-electron chi connectivity index (χ1n) is 5.68. The van der Waals surface area contributed by atoms with E-state index in [4.69, 9.17) is 4.74 Å². The molecule has 1 aromatic rings. The van der Waals surface area contributed by atoms with Gasteiger partial charge in [0.25, 0.3) is 0 Å². The third-order valence-electron chi connectivity index (χ3n) is 2.54. The zero-order valence-corrected chi connectivity index (χ0v) is 11.2. The van der Waals surface area contributed by atoms with Crippen LogP contribution in [0.5, 0.6) is 5.75 Å². The van der Waals surface area contributed by atoms with Gasteiger partial charge >= 0.3 is 0 Å². The fourth-order valence-corrected chi connectivity index (χ4v) is 2.06. The first kappa shape index (κ1) is 12.5. The van der Waals surface area contributed by atoms with Crippen molar-refractivity contribution < 1.29 is 9.29 Å². The molecule has 0 bridgehead atoms. The summed E-state index contributed by atoms with van der Waals surface area (Å²) in [5, 5.41) is 0. The Kier molecular flexibility index (Phi) is 3.45. The maximum Gasteiger partial charge on any atom is 0.144 e. The molecule has 1 aromatic carbocycles. The molecule has 0 spiro atoms. The maximum absolute atomic E-state index is 11.8. The topological polar surface area (TPSA) is 44.7 Å². The number of benzene rings is 1. The lowest BCUT2D eigenvalue weighted by Crippen LogP contribution is -2.25. The van der Waals surface area contributed by atoms with Gasteiger partial charge in [-0.25, -0.2) is 0 Å². The first-order valence-corrected chi connectivity index (χ1v) is 6.79. The Bertz CT molecular complexity index is 438. The molecule has 2 rings (SSSR count). The van der Waals surface area contributed by atoms with Crippen molar-refractivity contribution in [3.63, 3.8) is 0 Å². The van der Waals surface area contributed by atoms with Gasteiger partial charge in [0.1, 0.15) is 21.9 Å². The van der Waals surface area contributed by atoms with Crippen LogP contribution in [0, 0.1) is 0 Å². The van der Waals surface area contributed by atoms with E-state index in [9.17, 15) is 4.55 Å². The van der Waals surface area contributed by atoms with Crippen LogP contribution in [0.1, 0.15) is 31.9 Å². The summed E-state index contributed by atoms with van der Waals surface area (Å²) >= 11 is -1.21. The second-order valence-corrected chi connectivity index (χ2v) is 7.00. The van der Waals surface area contributed by atoms with Gasteiger partial charge in [-0.2, -0.15) is 0 Å². The molecule has 92 valence electrons. The second kappa shape index (κ2) is 4.70. The van der Waals surface area contributed by atoms with E-state index in [-0.39, 0.29) is 4.75 Å². The minimum absolute atomic E-state index is 0.316. The van der Waals surface area contributed by atoms with E-state index in [1.165, 1.54) is 5.56 Å². The first-order chi connectivity index (χ1) is 7.97. The molecular formula is C13H17NO2S. The molecular weight excluding hydrogens is 234 g/mol. The quantitative estimate of drug-likeness (QED) is 0.599. The molecule has 0 N–H and O–H groups in total. The minimum atomic E-state index is -1.21. The van der Waals surface area contributed by atoms with Crippen molar-refractivity contribution in [3.8, 4) is 5.75 Å². The molecule has 1 atom stereocenters. The third kappa shape index (κ3) is 3.01. The minimum Gasteiger partial charge on any atom is -0.591 e. The highest BCUT2D eigenvalue weighted by molar-refractivity contribution is 7.91. The predicted octanol–water partition coefficient (Wildman–Crippen LogP) is 2.50. The van der Waals surface area contributed by atoms with E-state index in [1.54, 1.807) is 6.21 Å². The number of hydrogen-bond donors (Lipinski definition) is 0. The Morgan fingerprint density at radius 2 is 2.18 bits per heavy atom. The molecule has 1 aliphatic rings. The molecule has 0 amide bonds. The van der Waals surface area contributed by atoms with Gasteiger partial charge in [0.05, 0.1) is 12.8 Å². The Hall–Kier alpha value is -1.00. The largest absolute Gasteiger partial charge is 0.591 e. The van der Waals surface area contributed by atoms with Crippen molar-refractivity contribution in [2.75, 3.05) is 6.61 Å². The zero-order chi connectivity index (χ0) is 12.5. The predicted molar refractivity (Wildman–Crippen MR) is 71.1 cm³/mol. The molecule has 17 heavy (non-hydrogen) atoms. The summed E-state index contributed by atoms with van der Waals surface area (Å²) in [5.41, 5.74) is 2.17. The highest BCUT2D eigenvalue weighted by Gasteiger charge is 2.25. The summed E-state index contributed by atoms with van der Waals surface area (Å²) < 4.78 is 21.0. The summed E-state index contributed by atoms with van der Waals surface area (Å²) in [4.78, 5) is 0. The maximum atomic E-state index is 11.8. The van der Waals surface area contributed by atoms with Gasteiger partial charge < -0.3 is 9.29 Å². The number of fused-ring (bicyclic) bond motifs is 1. The average molecular weight is 251 g/mol. The van der Waals surface area contributed by atoms with Crippen molar-refractivity contribution in [3.05, 3.63) is 29.3 Å². The molecule has 1 heterocycles. The van der Waals surface area contributed by atoms with Gasteiger partial charge in [-0.3, -0.25) is 0 Å². The van der Waals surface area contributed by atoms with Crippen LogP contribution >= 0.6 is 0 Å². The number of rotatable bonds is 2. The SMILES string of the molecule is CC(C)(C)[S@@+]([O-])/N=C/c1ccc2c(c1)OCC2. The molecule has 0 saturated heterocycles. The van der Waals surface area contributed by atoms with Gasteiger partial charge in [0, 0.05) is 12.0 Å². The van der Waals surface area contributed by atoms with Crippen molar-refractivity contribution in [2.45, 2.75) is 31.9 Å². The fraction of sp³-hybridized carbons (Fsp3) is 0.462. The third-order valence-corrected chi connectivity index (χ3v) is 3.89. The normalized spacial score (nSPS) is 16.9. The van der Waals surface area contributed by atoms with E-state index in [0.29, 0.717) is 0 Å². The van der Waals surface area contributed by atoms with Gasteiger partial charge in [-0.15, -0.1) is 0 Å². The van der Waals surface area contributed by atoms with Crippen LogP contribution in [0.3, 0.4) is 0 Å². The van der Waals surface area contributed by atoms with E-state index < -0.39 is 11.4 Å². The summed E-state index contributed by atoms with van der Waals surface area (Å²) in [6.45, 7) is 6.48. The lowest BCUT2D eigenvalue weighted by atomic mass is 10.1. The van der Waals surface area contributed by atoms with Crippen LogP contribution in [0.15, 0.2) is 22.6 Å². The fourth-order valence-electron chi connectivity index (χ4n) is 1.53. The summed E-state index contributed by atoms with van der Waals surface area (Å²) in [6.07, 6.45) is 2.63. The highest BCUT2D eigenvalue weighted by atomic mass is 32.2. The lowest BCUT2D eigenvalue weighted by Gasteiger charge is -2.17. The standard InChI is InChI=1S/C13H17NO2S/c1-13(2,3)17(15)14-9-10-4-5-11-6-7-16-12(11)8-10/h4-5,8-9H,6-7H2,1-3H3/b14-9+/t17-/m1/s1. The van der Waals surface area contributed by atoms with Gasteiger partial charge in [0.2, 0.25) is 0 Å². The van der Waals surface area contributed by atoms with E-state index in [0.717, 1.165) is 24.3 Å². The summed E-state index contributed by atoms with van der Waals surface area (Å²) in [5.74, 6) is 0.926. The van der Waals surface area contributed by atoms with Crippen LogP contribution in [0.2, 0.25) is 0 Å². The monoisotopic (exact) mass is 251 g/mol. The lowest BCUT2D eigenvalue weighted by molar-refractivity contribution is 0.357.